The molecule has 0 radical (unpaired) electrons. The van der Waals surface area contributed by atoms with Crippen molar-refractivity contribution in [3.63, 3.8) is 0 Å². The highest BCUT2D eigenvalue weighted by atomic mass is 16.4. The number of rotatable bonds is 2. The molecule has 0 aliphatic carbocycles. The normalized spacial score (nSPS) is 15.9. The molecule has 0 unspecified atom stereocenters. The Morgan fingerprint density at radius 1 is 1.21 bits per heavy atom. The highest BCUT2D eigenvalue weighted by Gasteiger charge is 2.29. The highest BCUT2D eigenvalue weighted by Crippen LogP contribution is 2.23. The first-order valence-corrected chi connectivity index (χ1v) is 5.78. The van der Waals surface area contributed by atoms with Crippen molar-refractivity contribution < 1.29 is 19.5 Å². The number of carboxylic acids is 1. The van der Waals surface area contributed by atoms with Crippen LogP contribution in [0.15, 0.2) is 18.2 Å². The van der Waals surface area contributed by atoms with E-state index in [2.05, 4.69) is 0 Å². The molecule has 1 aromatic rings. The second-order valence-electron chi connectivity index (χ2n) is 4.54. The van der Waals surface area contributed by atoms with E-state index in [4.69, 9.17) is 5.11 Å². The van der Waals surface area contributed by atoms with Gasteiger partial charge in [-0.25, -0.2) is 4.79 Å². The molecule has 0 saturated carbocycles. The van der Waals surface area contributed by atoms with Gasteiger partial charge in [0.2, 0.25) is 11.8 Å². The van der Waals surface area contributed by atoms with E-state index in [-0.39, 0.29) is 30.5 Å². The predicted octanol–water partition coefficient (Wildman–Crippen LogP) is 0.498. The van der Waals surface area contributed by atoms with E-state index in [1.165, 1.54) is 21.9 Å². The standard InChI is InChI=1S/C13H14N2O4/c1-8-3-4-9(13(18)19)5-10(8)15-7-11(16)14(2)6-12(15)17/h3-5H,6-7H2,1-2H3,(H,18,19). The zero-order valence-corrected chi connectivity index (χ0v) is 10.7. The fraction of sp³-hybridized carbons (Fsp3) is 0.308. The lowest BCUT2D eigenvalue weighted by atomic mass is 10.1. The molecule has 1 fully saturated rings. The number of aromatic carboxylic acids is 1. The Bertz CT molecular complexity index is 568. The molecule has 1 aromatic carbocycles. The number of carbonyl (C=O) groups excluding carboxylic acids is 2. The lowest BCUT2D eigenvalue weighted by Crippen LogP contribution is -2.52. The van der Waals surface area contributed by atoms with Gasteiger partial charge in [-0.2, -0.15) is 0 Å². The molecule has 0 atom stereocenters. The van der Waals surface area contributed by atoms with Crippen LogP contribution in [0.25, 0.3) is 0 Å². The number of hydrogen-bond acceptors (Lipinski definition) is 3. The molecule has 2 amide bonds. The van der Waals surface area contributed by atoms with Gasteiger partial charge in [-0.15, -0.1) is 0 Å². The second kappa shape index (κ2) is 4.72. The Morgan fingerprint density at radius 2 is 1.89 bits per heavy atom. The van der Waals surface area contributed by atoms with Gasteiger partial charge < -0.3 is 14.9 Å². The van der Waals surface area contributed by atoms with Crippen LogP contribution in [0.5, 0.6) is 0 Å². The fourth-order valence-electron chi connectivity index (χ4n) is 1.97. The molecular formula is C13H14N2O4. The summed E-state index contributed by atoms with van der Waals surface area (Å²) in [6, 6.07) is 4.53. The van der Waals surface area contributed by atoms with E-state index < -0.39 is 5.97 Å². The molecule has 1 N–H and O–H groups in total. The summed E-state index contributed by atoms with van der Waals surface area (Å²) in [4.78, 5) is 37.3. The molecule has 0 spiro atoms. The van der Waals surface area contributed by atoms with Crippen LogP contribution in [0.1, 0.15) is 15.9 Å². The number of carboxylic acid groups (broad SMARTS) is 1. The van der Waals surface area contributed by atoms with Gasteiger partial charge in [0, 0.05) is 12.7 Å². The van der Waals surface area contributed by atoms with Crippen molar-refractivity contribution in [1.29, 1.82) is 0 Å². The third-order valence-corrected chi connectivity index (χ3v) is 3.14. The van der Waals surface area contributed by atoms with E-state index in [9.17, 15) is 14.4 Å². The van der Waals surface area contributed by atoms with Gasteiger partial charge in [0.25, 0.3) is 0 Å². The van der Waals surface area contributed by atoms with E-state index in [1.54, 1.807) is 20.0 Å². The lowest BCUT2D eigenvalue weighted by Gasteiger charge is -2.32. The minimum Gasteiger partial charge on any atom is -0.478 e. The molecular weight excluding hydrogens is 248 g/mol. The smallest absolute Gasteiger partial charge is 0.335 e. The Labute approximate surface area is 110 Å². The first kappa shape index (κ1) is 13.1. The quantitative estimate of drug-likeness (QED) is 0.841. The third kappa shape index (κ3) is 2.42. The van der Waals surface area contributed by atoms with Gasteiger partial charge in [0.05, 0.1) is 12.1 Å². The molecule has 1 saturated heterocycles. The van der Waals surface area contributed by atoms with Gasteiger partial charge >= 0.3 is 5.97 Å². The number of aryl methyl sites for hydroxylation is 1. The number of anilines is 1. The van der Waals surface area contributed by atoms with Crippen LogP contribution in [0.4, 0.5) is 5.69 Å². The van der Waals surface area contributed by atoms with Crippen molar-refractivity contribution >= 4 is 23.5 Å². The van der Waals surface area contributed by atoms with E-state index in [1.807, 2.05) is 0 Å². The molecule has 6 nitrogen and oxygen atoms in total. The van der Waals surface area contributed by atoms with Gasteiger partial charge in [-0.1, -0.05) is 6.07 Å². The molecule has 6 heteroatoms. The van der Waals surface area contributed by atoms with Crippen molar-refractivity contribution in [2.45, 2.75) is 6.92 Å². The third-order valence-electron chi connectivity index (χ3n) is 3.14. The summed E-state index contributed by atoms with van der Waals surface area (Å²) in [6.45, 7) is 1.73. The summed E-state index contributed by atoms with van der Waals surface area (Å²) < 4.78 is 0. The number of piperazine rings is 1. The maximum atomic E-state index is 12.0. The van der Waals surface area contributed by atoms with Gasteiger partial charge in [-0.3, -0.25) is 9.59 Å². The minimum atomic E-state index is -1.06. The van der Waals surface area contributed by atoms with Crippen molar-refractivity contribution in [3.8, 4) is 0 Å². The van der Waals surface area contributed by atoms with Crippen molar-refractivity contribution in [3.05, 3.63) is 29.3 Å². The molecule has 1 aliphatic heterocycles. The Hall–Kier alpha value is -2.37. The van der Waals surface area contributed by atoms with Crippen LogP contribution in [0, 0.1) is 6.92 Å². The van der Waals surface area contributed by atoms with Gasteiger partial charge in [0.1, 0.15) is 6.54 Å². The molecule has 0 bridgehead atoms. The van der Waals surface area contributed by atoms with E-state index in [0.717, 1.165) is 5.56 Å². The molecule has 1 aliphatic rings. The summed E-state index contributed by atoms with van der Waals surface area (Å²) in [5, 5.41) is 8.98. The molecule has 19 heavy (non-hydrogen) atoms. The topological polar surface area (TPSA) is 77.9 Å². The molecule has 1 heterocycles. The summed E-state index contributed by atoms with van der Waals surface area (Å²) in [5.74, 6) is -1.44. The summed E-state index contributed by atoms with van der Waals surface area (Å²) in [5.41, 5.74) is 1.34. The number of nitrogens with zero attached hydrogens (tertiary/aromatic N) is 2. The molecule has 2 rings (SSSR count). The number of benzene rings is 1. The van der Waals surface area contributed by atoms with Gasteiger partial charge in [-0.05, 0) is 24.6 Å². The Kier molecular flexibility index (Phi) is 3.25. The fourth-order valence-corrected chi connectivity index (χ4v) is 1.97. The SMILES string of the molecule is Cc1ccc(C(=O)O)cc1N1CC(=O)N(C)CC1=O. The maximum Gasteiger partial charge on any atom is 0.335 e. The highest BCUT2D eigenvalue weighted by molar-refractivity contribution is 6.05. The lowest BCUT2D eigenvalue weighted by molar-refractivity contribution is -0.136. The van der Waals surface area contributed by atoms with Crippen LogP contribution in [-0.4, -0.2) is 47.9 Å². The van der Waals surface area contributed by atoms with E-state index >= 15 is 0 Å². The van der Waals surface area contributed by atoms with Crippen molar-refractivity contribution in [2.75, 3.05) is 25.0 Å². The van der Waals surface area contributed by atoms with Crippen LogP contribution in [-0.2, 0) is 9.59 Å². The number of carbonyl (C=O) groups is 3. The van der Waals surface area contributed by atoms with Crippen molar-refractivity contribution in [2.24, 2.45) is 0 Å². The summed E-state index contributed by atoms with van der Waals surface area (Å²) >= 11 is 0. The Balaban J connectivity index is 2.40. The predicted molar refractivity (Wildman–Crippen MR) is 68.1 cm³/mol. The van der Waals surface area contributed by atoms with Crippen molar-refractivity contribution in [1.82, 2.24) is 4.90 Å². The monoisotopic (exact) mass is 262 g/mol. The average molecular weight is 262 g/mol. The summed E-state index contributed by atoms with van der Waals surface area (Å²) in [6.07, 6.45) is 0. The zero-order chi connectivity index (χ0) is 14.2. The minimum absolute atomic E-state index is 0.00950. The van der Waals surface area contributed by atoms with Crippen LogP contribution in [0.2, 0.25) is 0 Å². The second-order valence-corrected chi connectivity index (χ2v) is 4.54. The number of likely N-dealkylation sites (N-methyl/N-ethyl adjacent to an activating group) is 1. The molecule has 100 valence electrons. The van der Waals surface area contributed by atoms with Crippen LogP contribution >= 0.6 is 0 Å². The maximum absolute atomic E-state index is 12.0. The summed E-state index contributed by atoms with van der Waals surface area (Å²) in [7, 11) is 1.57. The van der Waals surface area contributed by atoms with Crippen LogP contribution < -0.4 is 4.90 Å². The first-order valence-electron chi connectivity index (χ1n) is 5.78. The number of amides is 2. The largest absolute Gasteiger partial charge is 0.478 e. The molecule has 0 aromatic heterocycles. The van der Waals surface area contributed by atoms with Gasteiger partial charge in [0.15, 0.2) is 0 Å². The van der Waals surface area contributed by atoms with Crippen LogP contribution in [0.3, 0.4) is 0 Å². The zero-order valence-electron chi connectivity index (χ0n) is 10.7. The van der Waals surface area contributed by atoms with E-state index in [0.29, 0.717) is 5.69 Å². The first-order chi connectivity index (χ1) is 8.90. The average Bonchev–Trinajstić information content (AvgIpc) is 2.34. The number of hydrogen-bond donors (Lipinski definition) is 1. The Morgan fingerprint density at radius 3 is 2.53 bits per heavy atom.